The first kappa shape index (κ1) is 15.0. The molecule has 1 amide bonds. The van der Waals surface area contributed by atoms with Gasteiger partial charge in [0.25, 0.3) is 5.91 Å². The first-order valence-electron chi connectivity index (χ1n) is 6.33. The van der Waals surface area contributed by atoms with E-state index < -0.39 is 0 Å². The Morgan fingerprint density at radius 1 is 1.28 bits per heavy atom. The van der Waals surface area contributed by atoms with E-state index in [0.29, 0.717) is 21.8 Å². The highest BCUT2D eigenvalue weighted by atomic mass is 32.1. The third kappa shape index (κ3) is 3.98. The van der Waals surface area contributed by atoms with E-state index in [1.54, 1.807) is 0 Å². The summed E-state index contributed by atoms with van der Waals surface area (Å²) in [5, 5.41) is 0.463. The van der Waals surface area contributed by atoms with Crippen molar-refractivity contribution in [3.05, 3.63) is 10.6 Å². The molecule has 0 saturated carbocycles. The summed E-state index contributed by atoms with van der Waals surface area (Å²) >= 11 is 1.28. The first-order chi connectivity index (χ1) is 8.31. The van der Waals surface area contributed by atoms with Crippen molar-refractivity contribution in [1.82, 2.24) is 9.88 Å². The number of anilines is 1. The molecule has 0 atom stereocenters. The number of amides is 1. The molecular formula is C13H23N3OS. The molecular weight excluding hydrogens is 246 g/mol. The van der Waals surface area contributed by atoms with Gasteiger partial charge < -0.3 is 10.6 Å². The molecule has 1 heterocycles. The number of carbonyl (C=O) groups is 1. The van der Waals surface area contributed by atoms with E-state index in [1.807, 2.05) is 11.8 Å². The standard InChI is InChI=1S/C13H23N3OS/c1-8(2)6-16(7-9(3)4)12(17)11-10(5)15-13(14)18-11/h8-9H,6-7H2,1-5H3,(H2,14,15). The lowest BCUT2D eigenvalue weighted by atomic mass is 10.1. The van der Waals surface area contributed by atoms with Crippen molar-refractivity contribution in [2.24, 2.45) is 11.8 Å². The summed E-state index contributed by atoms with van der Waals surface area (Å²) < 4.78 is 0. The van der Waals surface area contributed by atoms with Crippen LogP contribution in [0.2, 0.25) is 0 Å². The second-order valence-corrected chi connectivity index (χ2v) is 6.50. The molecule has 4 nitrogen and oxygen atoms in total. The maximum absolute atomic E-state index is 12.5. The van der Waals surface area contributed by atoms with Crippen LogP contribution in [-0.2, 0) is 0 Å². The number of nitrogens with zero attached hydrogens (tertiary/aromatic N) is 2. The van der Waals surface area contributed by atoms with Gasteiger partial charge >= 0.3 is 0 Å². The fraction of sp³-hybridized carbons (Fsp3) is 0.692. The molecule has 2 N–H and O–H groups in total. The molecule has 0 aromatic carbocycles. The molecule has 0 aliphatic carbocycles. The Morgan fingerprint density at radius 2 is 1.78 bits per heavy atom. The van der Waals surface area contributed by atoms with E-state index in [2.05, 4.69) is 32.7 Å². The van der Waals surface area contributed by atoms with Crippen molar-refractivity contribution in [3.8, 4) is 0 Å². The number of rotatable bonds is 5. The number of hydrogen-bond acceptors (Lipinski definition) is 4. The second-order valence-electron chi connectivity index (χ2n) is 5.46. The van der Waals surface area contributed by atoms with Gasteiger partial charge in [0, 0.05) is 13.1 Å². The van der Waals surface area contributed by atoms with Crippen LogP contribution in [0.3, 0.4) is 0 Å². The average Bonchev–Trinajstić information content (AvgIpc) is 2.54. The topological polar surface area (TPSA) is 59.2 Å². The van der Waals surface area contributed by atoms with Gasteiger partial charge in [-0.15, -0.1) is 0 Å². The Morgan fingerprint density at radius 3 is 2.11 bits per heavy atom. The molecule has 0 bridgehead atoms. The van der Waals surface area contributed by atoms with Gasteiger partial charge in [0.2, 0.25) is 0 Å². The summed E-state index contributed by atoms with van der Waals surface area (Å²) in [7, 11) is 0. The van der Waals surface area contributed by atoms with Crippen LogP contribution >= 0.6 is 11.3 Å². The van der Waals surface area contributed by atoms with Crippen LogP contribution in [0.5, 0.6) is 0 Å². The van der Waals surface area contributed by atoms with Crippen molar-refractivity contribution >= 4 is 22.4 Å². The van der Waals surface area contributed by atoms with Gasteiger partial charge in [0.05, 0.1) is 5.69 Å². The van der Waals surface area contributed by atoms with E-state index in [1.165, 1.54) is 11.3 Å². The van der Waals surface area contributed by atoms with Gasteiger partial charge in [-0.25, -0.2) is 4.98 Å². The number of aryl methyl sites for hydroxylation is 1. The highest BCUT2D eigenvalue weighted by Crippen LogP contribution is 2.22. The summed E-state index contributed by atoms with van der Waals surface area (Å²) in [5.74, 6) is 0.973. The van der Waals surface area contributed by atoms with Gasteiger partial charge in [-0.3, -0.25) is 4.79 Å². The highest BCUT2D eigenvalue weighted by Gasteiger charge is 2.22. The molecule has 1 aromatic rings. The Kier molecular flexibility index (Phi) is 5.14. The molecule has 18 heavy (non-hydrogen) atoms. The van der Waals surface area contributed by atoms with E-state index >= 15 is 0 Å². The number of carbonyl (C=O) groups excluding carboxylic acids is 1. The number of aromatic nitrogens is 1. The Bertz CT molecular complexity index is 402. The average molecular weight is 269 g/mol. The van der Waals surface area contributed by atoms with E-state index in [-0.39, 0.29) is 5.91 Å². The van der Waals surface area contributed by atoms with Crippen molar-refractivity contribution in [3.63, 3.8) is 0 Å². The molecule has 5 heteroatoms. The van der Waals surface area contributed by atoms with Crippen molar-refractivity contribution in [2.45, 2.75) is 34.6 Å². The first-order valence-corrected chi connectivity index (χ1v) is 7.15. The highest BCUT2D eigenvalue weighted by molar-refractivity contribution is 7.17. The van der Waals surface area contributed by atoms with Crippen molar-refractivity contribution < 1.29 is 4.79 Å². The van der Waals surface area contributed by atoms with Gasteiger partial charge in [-0.1, -0.05) is 39.0 Å². The number of nitrogens with two attached hydrogens (primary N) is 1. The zero-order chi connectivity index (χ0) is 13.9. The fourth-order valence-electron chi connectivity index (χ4n) is 1.88. The molecule has 1 rings (SSSR count). The van der Waals surface area contributed by atoms with Crippen LogP contribution in [0.25, 0.3) is 0 Å². The zero-order valence-electron chi connectivity index (χ0n) is 11.9. The third-order valence-electron chi connectivity index (χ3n) is 2.47. The van der Waals surface area contributed by atoms with E-state index in [9.17, 15) is 4.79 Å². The van der Waals surface area contributed by atoms with Crippen LogP contribution in [0, 0.1) is 18.8 Å². The smallest absolute Gasteiger partial charge is 0.265 e. The summed E-state index contributed by atoms with van der Waals surface area (Å²) in [6, 6.07) is 0. The van der Waals surface area contributed by atoms with Gasteiger partial charge in [-0.05, 0) is 18.8 Å². The lowest BCUT2D eigenvalue weighted by Gasteiger charge is -2.26. The number of thiazole rings is 1. The van der Waals surface area contributed by atoms with E-state index in [4.69, 9.17) is 5.73 Å². The van der Waals surface area contributed by atoms with Crippen LogP contribution in [0.15, 0.2) is 0 Å². The van der Waals surface area contributed by atoms with Gasteiger partial charge in [0.1, 0.15) is 4.88 Å². The van der Waals surface area contributed by atoms with Crippen molar-refractivity contribution in [2.75, 3.05) is 18.8 Å². The quantitative estimate of drug-likeness (QED) is 0.894. The van der Waals surface area contributed by atoms with Crippen LogP contribution in [0.4, 0.5) is 5.13 Å². The molecule has 1 aromatic heterocycles. The normalized spacial score (nSPS) is 11.3. The molecule has 0 radical (unpaired) electrons. The van der Waals surface area contributed by atoms with Crippen LogP contribution < -0.4 is 5.73 Å². The summed E-state index contributed by atoms with van der Waals surface area (Å²) in [4.78, 5) is 19.2. The molecule has 0 aliphatic heterocycles. The Labute approximate surface area is 113 Å². The lowest BCUT2D eigenvalue weighted by Crippen LogP contribution is -2.36. The van der Waals surface area contributed by atoms with Gasteiger partial charge in [-0.2, -0.15) is 0 Å². The molecule has 0 unspecified atom stereocenters. The predicted octanol–water partition coefficient (Wildman–Crippen LogP) is 2.79. The molecule has 0 aliphatic rings. The summed E-state index contributed by atoms with van der Waals surface area (Å²) in [6.07, 6.45) is 0. The predicted molar refractivity (Wildman–Crippen MR) is 76.8 cm³/mol. The number of nitrogen functional groups attached to an aromatic ring is 1. The minimum atomic E-state index is 0.0594. The SMILES string of the molecule is Cc1nc(N)sc1C(=O)N(CC(C)C)CC(C)C. The maximum atomic E-state index is 12.5. The minimum absolute atomic E-state index is 0.0594. The van der Waals surface area contributed by atoms with E-state index in [0.717, 1.165) is 18.8 Å². The molecule has 0 fully saturated rings. The van der Waals surface area contributed by atoms with Crippen LogP contribution in [0.1, 0.15) is 43.1 Å². The van der Waals surface area contributed by atoms with Crippen molar-refractivity contribution in [1.29, 1.82) is 0 Å². The van der Waals surface area contributed by atoms with Gasteiger partial charge in [0.15, 0.2) is 5.13 Å². The molecule has 102 valence electrons. The third-order valence-corrected chi connectivity index (χ3v) is 3.44. The monoisotopic (exact) mass is 269 g/mol. The maximum Gasteiger partial charge on any atom is 0.265 e. The molecule has 0 saturated heterocycles. The Balaban J connectivity index is 2.91. The summed E-state index contributed by atoms with van der Waals surface area (Å²) in [5.41, 5.74) is 6.39. The minimum Gasteiger partial charge on any atom is -0.375 e. The largest absolute Gasteiger partial charge is 0.375 e. The van der Waals surface area contributed by atoms with Crippen LogP contribution in [-0.4, -0.2) is 28.9 Å². The molecule has 0 spiro atoms. The lowest BCUT2D eigenvalue weighted by molar-refractivity contribution is 0.0719. The second kappa shape index (κ2) is 6.18. The Hall–Kier alpha value is -1.10. The zero-order valence-corrected chi connectivity index (χ0v) is 12.7. The number of hydrogen-bond donors (Lipinski definition) is 1. The summed E-state index contributed by atoms with van der Waals surface area (Å²) in [6.45, 7) is 11.9. The fourth-order valence-corrected chi connectivity index (χ4v) is 2.68.